The first kappa shape index (κ1) is 17.8. The van der Waals surface area contributed by atoms with Crippen molar-refractivity contribution in [3.63, 3.8) is 0 Å². The molecule has 132 valence electrons. The van der Waals surface area contributed by atoms with Gasteiger partial charge in [0, 0.05) is 0 Å². The minimum absolute atomic E-state index is 0.0440. The number of aromatic nitrogens is 1. The van der Waals surface area contributed by atoms with Crippen molar-refractivity contribution in [2.45, 2.75) is 13.5 Å². The van der Waals surface area contributed by atoms with Crippen LogP contribution in [0.3, 0.4) is 0 Å². The fourth-order valence-electron chi connectivity index (χ4n) is 2.37. The maximum Gasteiger partial charge on any atom is 0.387 e. The van der Waals surface area contributed by atoms with Gasteiger partial charge in [-0.1, -0.05) is 18.2 Å². The molecule has 0 radical (unpaired) electrons. The molecule has 7 heteroatoms. The minimum atomic E-state index is -2.94. The van der Waals surface area contributed by atoms with Gasteiger partial charge < -0.3 is 9.47 Å². The fourth-order valence-corrected chi connectivity index (χ4v) is 3.30. The van der Waals surface area contributed by atoms with Gasteiger partial charge in [0.25, 0.3) is 0 Å². The monoisotopic (exact) mass is 372 g/mol. The Hall–Kier alpha value is -2.98. The van der Waals surface area contributed by atoms with Crippen LogP contribution in [-0.4, -0.2) is 18.2 Å². The third-order valence-electron chi connectivity index (χ3n) is 3.44. The van der Waals surface area contributed by atoms with E-state index in [9.17, 15) is 14.0 Å². The summed E-state index contributed by atoms with van der Waals surface area (Å²) in [7, 11) is 0. The van der Waals surface area contributed by atoms with E-state index in [2.05, 4.69) is 15.8 Å². The van der Waals surface area contributed by atoms with Crippen molar-refractivity contribution >= 4 is 33.2 Å². The molecule has 0 unspecified atom stereocenters. The van der Waals surface area contributed by atoms with E-state index in [1.165, 1.54) is 17.4 Å². The van der Waals surface area contributed by atoms with Crippen LogP contribution in [0.5, 0.6) is 11.5 Å². The maximum atomic E-state index is 12.5. The molecule has 0 fully saturated rings. The lowest BCUT2D eigenvalue weighted by Gasteiger charge is -2.11. The zero-order chi connectivity index (χ0) is 18.5. The average molecular weight is 372 g/mol. The molecular formula is C19H14F2N2O2S. The van der Waals surface area contributed by atoms with Crippen molar-refractivity contribution in [3.8, 4) is 17.6 Å². The highest BCUT2D eigenvalue weighted by Crippen LogP contribution is 2.32. The molecule has 0 amide bonds. The molecule has 0 atom stereocenters. The number of hydrogen-bond acceptors (Lipinski definition) is 5. The first-order valence-electron chi connectivity index (χ1n) is 7.80. The van der Waals surface area contributed by atoms with Gasteiger partial charge in [0.2, 0.25) is 0 Å². The number of alkyl halides is 2. The van der Waals surface area contributed by atoms with E-state index in [1.807, 2.05) is 24.3 Å². The van der Waals surface area contributed by atoms with E-state index in [0.717, 1.165) is 10.2 Å². The number of thiazole rings is 1. The SMILES string of the molecule is CCOc1cc(/C=C(\C#N)c2nc3ccccc3s2)ccc1OC(F)F. The minimum Gasteiger partial charge on any atom is -0.490 e. The van der Waals surface area contributed by atoms with Gasteiger partial charge in [-0.3, -0.25) is 0 Å². The number of benzene rings is 2. The number of para-hydroxylation sites is 1. The van der Waals surface area contributed by atoms with Gasteiger partial charge in [0.15, 0.2) is 11.5 Å². The summed E-state index contributed by atoms with van der Waals surface area (Å²) in [5.74, 6) is 0.153. The maximum absolute atomic E-state index is 12.5. The number of allylic oxidation sites excluding steroid dienone is 1. The van der Waals surface area contributed by atoms with Gasteiger partial charge in [0.05, 0.1) is 22.4 Å². The number of nitrogens with zero attached hydrogens (tertiary/aromatic N) is 2. The van der Waals surface area contributed by atoms with Crippen molar-refractivity contribution in [2.75, 3.05) is 6.61 Å². The van der Waals surface area contributed by atoms with E-state index in [0.29, 0.717) is 22.8 Å². The molecule has 1 heterocycles. The molecule has 2 aromatic carbocycles. The normalized spacial score (nSPS) is 11.6. The topological polar surface area (TPSA) is 55.1 Å². The molecule has 0 bridgehead atoms. The lowest BCUT2D eigenvalue weighted by Crippen LogP contribution is -2.04. The summed E-state index contributed by atoms with van der Waals surface area (Å²) in [4.78, 5) is 4.47. The Kier molecular flexibility index (Phi) is 5.44. The molecule has 4 nitrogen and oxygen atoms in total. The predicted molar refractivity (Wildman–Crippen MR) is 97.3 cm³/mol. The Balaban J connectivity index is 1.98. The van der Waals surface area contributed by atoms with Crippen molar-refractivity contribution in [1.29, 1.82) is 5.26 Å². The van der Waals surface area contributed by atoms with Crippen molar-refractivity contribution < 1.29 is 18.3 Å². The number of ether oxygens (including phenoxy) is 2. The van der Waals surface area contributed by atoms with Gasteiger partial charge in [0.1, 0.15) is 11.1 Å². The Morgan fingerprint density at radius 2 is 2.08 bits per heavy atom. The zero-order valence-electron chi connectivity index (χ0n) is 13.8. The zero-order valence-corrected chi connectivity index (χ0v) is 14.6. The van der Waals surface area contributed by atoms with Crippen LogP contribution in [0.15, 0.2) is 42.5 Å². The highest BCUT2D eigenvalue weighted by atomic mass is 32.1. The van der Waals surface area contributed by atoms with E-state index < -0.39 is 6.61 Å². The molecule has 1 aromatic heterocycles. The molecule has 26 heavy (non-hydrogen) atoms. The second kappa shape index (κ2) is 7.93. The molecule has 3 aromatic rings. The highest BCUT2D eigenvalue weighted by Gasteiger charge is 2.13. The van der Waals surface area contributed by atoms with Gasteiger partial charge in [-0.05, 0) is 42.8 Å². The second-order valence-corrected chi connectivity index (χ2v) is 6.20. The summed E-state index contributed by atoms with van der Waals surface area (Å²) < 4.78 is 35.8. The van der Waals surface area contributed by atoms with Crippen molar-refractivity contribution in [2.24, 2.45) is 0 Å². The van der Waals surface area contributed by atoms with Gasteiger partial charge in [-0.25, -0.2) is 4.98 Å². The molecule has 3 rings (SSSR count). The third-order valence-corrected chi connectivity index (χ3v) is 4.51. The van der Waals surface area contributed by atoms with Crippen molar-refractivity contribution in [1.82, 2.24) is 4.98 Å². The molecule has 0 saturated carbocycles. The number of halogens is 2. The molecule has 0 aliphatic carbocycles. The standard InChI is InChI=1S/C19H14F2N2O2S/c1-2-24-16-10-12(7-8-15(16)25-19(20)21)9-13(11-22)18-23-14-5-3-4-6-17(14)26-18/h3-10,19H,2H2,1H3/b13-9+. The highest BCUT2D eigenvalue weighted by molar-refractivity contribution is 7.19. The van der Waals surface area contributed by atoms with Gasteiger partial charge in [-0.2, -0.15) is 14.0 Å². The van der Waals surface area contributed by atoms with Gasteiger partial charge in [-0.15, -0.1) is 11.3 Å². The number of hydrogen-bond donors (Lipinski definition) is 0. The van der Waals surface area contributed by atoms with Crippen LogP contribution in [0, 0.1) is 11.3 Å². The Bertz CT molecular complexity index is 960. The van der Waals surface area contributed by atoms with Crippen LogP contribution in [0.1, 0.15) is 17.5 Å². The molecule has 0 saturated heterocycles. The summed E-state index contributed by atoms with van der Waals surface area (Å²) in [5.41, 5.74) is 1.84. The second-order valence-electron chi connectivity index (χ2n) is 5.17. The predicted octanol–water partition coefficient (Wildman–Crippen LogP) is 5.36. The third kappa shape index (κ3) is 3.98. The number of fused-ring (bicyclic) bond motifs is 1. The van der Waals surface area contributed by atoms with Crippen LogP contribution in [-0.2, 0) is 0 Å². The van der Waals surface area contributed by atoms with Crippen LogP contribution < -0.4 is 9.47 Å². The Labute approximate surface area is 152 Å². The summed E-state index contributed by atoms with van der Waals surface area (Å²) in [5, 5.41) is 10.1. The summed E-state index contributed by atoms with van der Waals surface area (Å²) in [6.45, 7) is -0.889. The van der Waals surface area contributed by atoms with Crippen molar-refractivity contribution in [3.05, 3.63) is 53.0 Å². The Morgan fingerprint density at radius 3 is 2.77 bits per heavy atom. The summed E-state index contributed by atoms with van der Waals surface area (Å²) >= 11 is 1.42. The number of rotatable bonds is 6. The van der Waals surface area contributed by atoms with E-state index in [1.54, 1.807) is 25.1 Å². The van der Waals surface area contributed by atoms with Gasteiger partial charge >= 0.3 is 6.61 Å². The lowest BCUT2D eigenvalue weighted by molar-refractivity contribution is -0.0514. The van der Waals surface area contributed by atoms with Crippen LogP contribution in [0.25, 0.3) is 21.9 Å². The fraction of sp³-hybridized carbons (Fsp3) is 0.158. The molecular weight excluding hydrogens is 358 g/mol. The molecule has 0 aliphatic heterocycles. The van der Waals surface area contributed by atoms with Crippen LogP contribution in [0.4, 0.5) is 8.78 Å². The molecule has 0 N–H and O–H groups in total. The lowest BCUT2D eigenvalue weighted by atomic mass is 10.1. The van der Waals surface area contributed by atoms with Crippen LogP contribution >= 0.6 is 11.3 Å². The van der Waals surface area contributed by atoms with E-state index in [-0.39, 0.29) is 11.5 Å². The smallest absolute Gasteiger partial charge is 0.387 e. The first-order chi connectivity index (χ1) is 12.6. The molecule has 0 spiro atoms. The first-order valence-corrected chi connectivity index (χ1v) is 8.61. The summed E-state index contributed by atoms with van der Waals surface area (Å²) in [6.07, 6.45) is 1.65. The quantitative estimate of drug-likeness (QED) is 0.547. The number of nitriles is 1. The van der Waals surface area contributed by atoms with Crippen LogP contribution in [0.2, 0.25) is 0 Å². The van der Waals surface area contributed by atoms with E-state index >= 15 is 0 Å². The molecule has 0 aliphatic rings. The average Bonchev–Trinajstić information content (AvgIpc) is 3.05. The summed E-state index contributed by atoms with van der Waals surface area (Å²) in [6, 6.07) is 14.3. The Morgan fingerprint density at radius 1 is 1.27 bits per heavy atom. The van der Waals surface area contributed by atoms with E-state index in [4.69, 9.17) is 4.74 Å². The largest absolute Gasteiger partial charge is 0.490 e.